The summed E-state index contributed by atoms with van der Waals surface area (Å²) >= 11 is 0. The Labute approximate surface area is 233 Å². The van der Waals surface area contributed by atoms with Gasteiger partial charge in [0.05, 0.1) is 18.2 Å². The van der Waals surface area contributed by atoms with Crippen LogP contribution in [-0.2, 0) is 6.18 Å². The van der Waals surface area contributed by atoms with Crippen LogP contribution in [0.1, 0.15) is 46.1 Å². The second-order valence-electron chi connectivity index (χ2n) is 11.0. The van der Waals surface area contributed by atoms with Crippen LogP contribution in [-0.4, -0.2) is 41.4 Å². The molecule has 3 aliphatic rings. The number of ether oxygens (including phenoxy) is 1. The maximum atomic E-state index is 13.8. The molecule has 2 aromatic heterocycles. The molecule has 7 rings (SSSR count). The van der Waals surface area contributed by atoms with Crippen molar-refractivity contribution < 1.29 is 32.3 Å². The van der Waals surface area contributed by atoms with Gasteiger partial charge in [-0.15, -0.1) is 0 Å². The second kappa shape index (κ2) is 9.36. The third kappa shape index (κ3) is 4.51. The van der Waals surface area contributed by atoms with E-state index < -0.39 is 17.7 Å². The van der Waals surface area contributed by atoms with E-state index in [-0.39, 0.29) is 22.9 Å². The van der Waals surface area contributed by atoms with Crippen molar-refractivity contribution in [2.24, 2.45) is 17.8 Å². The molecule has 3 heterocycles. The third-order valence-electron chi connectivity index (χ3n) is 8.50. The summed E-state index contributed by atoms with van der Waals surface area (Å²) in [7, 11) is 1.51. The van der Waals surface area contributed by atoms with Crippen LogP contribution >= 0.6 is 0 Å². The van der Waals surface area contributed by atoms with Gasteiger partial charge in [0.25, 0.3) is 0 Å². The molecular weight excluding hydrogens is 535 g/mol. The Morgan fingerprint density at radius 3 is 2.56 bits per heavy atom. The molecule has 2 atom stereocenters. The van der Waals surface area contributed by atoms with E-state index in [0.29, 0.717) is 40.3 Å². The lowest BCUT2D eigenvalue weighted by Crippen LogP contribution is -2.23. The Balaban J connectivity index is 1.11. The molecule has 1 aliphatic heterocycles. The van der Waals surface area contributed by atoms with E-state index >= 15 is 0 Å². The molecule has 210 valence electrons. The van der Waals surface area contributed by atoms with Crippen molar-refractivity contribution in [3.8, 4) is 17.0 Å². The van der Waals surface area contributed by atoms with Gasteiger partial charge >= 0.3 is 12.1 Å². The van der Waals surface area contributed by atoms with E-state index in [1.165, 1.54) is 25.3 Å². The fraction of sp³-hybridized carbons (Fsp3) is 0.323. The SMILES string of the molecule is COc1cc(C(=O)O)nc2ccc(N3CC4C(C=Cc5c(-c6ccccc6C(F)(F)F)noc5C5CC5)C4C3)cc12. The minimum absolute atomic E-state index is 0.0363. The van der Waals surface area contributed by atoms with E-state index in [4.69, 9.17) is 9.26 Å². The van der Waals surface area contributed by atoms with Crippen molar-refractivity contribution >= 4 is 28.6 Å². The van der Waals surface area contributed by atoms with Gasteiger partial charge in [0, 0.05) is 47.3 Å². The lowest BCUT2D eigenvalue weighted by atomic mass is 9.98. The molecule has 2 unspecified atom stereocenters. The highest BCUT2D eigenvalue weighted by Crippen LogP contribution is 2.54. The lowest BCUT2D eigenvalue weighted by Gasteiger charge is -2.22. The van der Waals surface area contributed by atoms with Crippen LogP contribution in [0.5, 0.6) is 5.75 Å². The van der Waals surface area contributed by atoms with Crippen LogP contribution in [0.3, 0.4) is 0 Å². The molecule has 2 aromatic carbocycles. The summed E-state index contributed by atoms with van der Waals surface area (Å²) in [5.74, 6) is 1.42. The highest BCUT2D eigenvalue weighted by Gasteiger charge is 2.54. The molecule has 1 saturated heterocycles. The Hall–Kier alpha value is -4.34. The molecule has 0 bridgehead atoms. The summed E-state index contributed by atoms with van der Waals surface area (Å²) in [6.45, 7) is 1.69. The second-order valence-corrected chi connectivity index (χ2v) is 11.0. The molecule has 1 N–H and O–H groups in total. The number of carboxylic acid groups (broad SMARTS) is 1. The predicted octanol–water partition coefficient (Wildman–Crippen LogP) is 6.89. The molecule has 2 saturated carbocycles. The fourth-order valence-corrected chi connectivity index (χ4v) is 6.18. The minimum Gasteiger partial charge on any atom is -0.496 e. The number of aromatic nitrogens is 2. The monoisotopic (exact) mass is 561 g/mol. The molecule has 10 heteroatoms. The molecule has 2 aliphatic carbocycles. The van der Waals surface area contributed by atoms with Gasteiger partial charge in [-0.05, 0) is 54.9 Å². The number of piperidine rings is 1. The number of aromatic carboxylic acids is 1. The number of methoxy groups -OCH3 is 1. The van der Waals surface area contributed by atoms with E-state index in [9.17, 15) is 23.1 Å². The molecule has 41 heavy (non-hydrogen) atoms. The van der Waals surface area contributed by atoms with Gasteiger partial charge < -0.3 is 19.3 Å². The topological polar surface area (TPSA) is 88.7 Å². The predicted molar refractivity (Wildman–Crippen MR) is 146 cm³/mol. The van der Waals surface area contributed by atoms with Crippen molar-refractivity contribution in [1.29, 1.82) is 0 Å². The average Bonchev–Trinajstić information content (AvgIpc) is 3.82. The number of fused-ring (bicyclic) bond motifs is 2. The van der Waals surface area contributed by atoms with Crippen molar-refractivity contribution in [1.82, 2.24) is 10.1 Å². The molecule has 3 fully saturated rings. The molecule has 4 aromatic rings. The van der Waals surface area contributed by atoms with Crippen molar-refractivity contribution in [2.75, 3.05) is 25.1 Å². The standard InChI is InChI=1S/C31H26F3N3O4/c1-40-27-13-26(30(38)39)35-25-11-8-17(12-21(25)27)37-14-22-18(23(22)15-37)9-10-20-28(36-41-29(20)16-6-7-16)19-4-2-3-5-24(19)31(32,33)34/h2-5,8-13,16,18,22-23H,6-7,14-15H2,1H3,(H,38,39). The zero-order valence-corrected chi connectivity index (χ0v) is 22.1. The number of pyridine rings is 1. The van der Waals surface area contributed by atoms with Crippen LogP contribution in [0.25, 0.3) is 28.2 Å². The number of nitrogens with zero attached hydrogens (tertiary/aromatic N) is 3. The molecule has 7 nitrogen and oxygen atoms in total. The molecule has 0 amide bonds. The van der Waals surface area contributed by atoms with Crippen molar-refractivity contribution in [3.05, 3.63) is 77.2 Å². The first-order chi connectivity index (χ1) is 19.7. The first kappa shape index (κ1) is 25.6. The summed E-state index contributed by atoms with van der Waals surface area (Å²) in [6, 6.07) is 12.7. The smallest absolute Gasteiger partial charge is 0.417 e. The zero-order valence-electron chi connectivity index (χ0n) is 22.1. The van der Waals surface area contributed by atoms with Gasteiger partial charge in [0.2, 0.25) is 0 Å². The summed E-state index contributed by atoms with van der Waals surface area (Å²) < 4.78 is 52.3. The number of halogens is 3. The highest BCUT2D eigenvalue weighted by molar-refractivity contribution is 5.94. The number of rotatable bonds is 7. The normalized spacial score (nSPS) is 22.0. The van der Waals surface area contributed by atoms with E-state index in [0.717, 1.165) is 43.1 Å². The summed E-state index contributed by atoms with van der Waals surface area (Å²) in [6.07, 6.45) is 1.44. The lowest BCUT2D eigenvalue weighted by molar-refractivity contribution is -0.137. The van der Waals surface area contributed by atoms with Crippen LogP contribution in [0.15, 0.2) is 59.1 Å². The third-order valence-corrected chi connectivity index (χ3v) is 8.50. The van der Waals surface area contributed by atoms with Gasteiger partial charge in [0.15, 0.2) is 5.69 Å². The Kier molecular flexibility index (Phi) is 5.85. The number of hydrogen-bond donors (Lipinski definition) is 1. The van der Waals surface area contributed by atoms with Gasteiger partial charge in [-0.1, -0.05) is 35.5 Å². The largest absolute Gasteiger partial charge is 0.496 e. The first-order valence-corrected chi connectivity index (χ1v) is 13.5. The van der Waals surface area contributed by atoms with Crippen LogP contribution in [0.4, 0.5) is 18.9 Å². The van der Waals surface area contributed by atoms with E-state index in [1.807, 2.05) is 24.3 Å². The molecule has 0 spiro atoms. The molecular formula is C31H26F3N3O4. The number of carboxylic acids is 1. The Morgan fingerprint density at radius 2 is 1.88 bits per heavy atom. The fourth-order valence-electron chi connectivity index (χ4n) is 6.18. The Bertz CT molecular complexity index is 1700. The average molecular weight is 562 g/mol. The number of anilines is 1. The number of alkyl halides is 3. The van der Waals surface area contributed by atoms with E-state index in [2.05, 4.69) is 21.1 Å². The maximum absolute atomic E-state index is 13.8. The molecule has 0 radical (unpaired) electrons. The van der Waals surface area contributed by atoms with E-state index in [1.54, 1.807) is 6.07 Å². The summed E-state index contributed by atoms with van der Waals surface area (Å²) in [5, 5.41) is 14.2. The quantitative estimate of drug-likeness (QED) is 0.263. The van der Waals surface area contributed by atoms with Crippen molar-refractivity contribution in [2.45, 2.75) is 24.9 Å². The number of benzene rings is 2. The van der Waals surface area contributed by atoms with Crippen LogP contribution in [0, 0.1) is 17.8 Å². The van der Waals surface area contributed by atoms with Gasteiger partial charge in [-0.3, -0.25) is 0 Å². The van der Waals surface area contributed by atoms with Gasteiger partial charge in [-0.2, -0.15) is 13.2 Å². The summed E-state index contributed by atoms with van der Waals surface area (Å²) in [5.41, 5.74) is 1.71. The minimum atomic E-state index is -4.49. The maximum Gasteiger partial charge on any atom is 0.417 e. The Morgan fingerprint density at radius 1 is 1.12 bits per heavy atom. The highest BCUT2D eigenvalue weighted by atomic mass is 19.4. The van der Waals surface area contributed by atoms with Crippen LogP contribution < -0.4 is 9.64 Å². The number of allylic oxidation sites excluding steroid dienone is 1. The summed E-state index contributed by atoms with van der Waals surface area (Å²) in [4.78, 5) is 17.9. The van der Waals surface area contributed by atoms with Gasteiger partial charge in [0.1, 0.15) is 17.2 Å². The van der Waals surface area contributed by atoms with Crippen molar-refractivity contribution in [3.63, 3.8) is 0 Å². The zero-order chi connectivity index (χ0) is 28.5. The van der Waals surface area contributed by atoms with Gasteiger partial charge in [-0.25, -0.2) is 9.78 Å². The number of hydrogen-bond acceptors (Lipinski definition) is 6. The van der Waals surface area contributed by atoms with Crippen LogP contribution in [0.2, 0.25) is 0 Å². The number of carbonyl (C=O) groups is 1. The first-order valence-electron chi connectivity index (χ1n) is 13.5.